The molecule has 3 heterocycles. The fourth-order valence-electron chi connectivity index (χ4n) is 5.33. The summed E-state index contributed by atoms with van der Waals surface area (Å²) >= 11 is 0. The minimum Gasteiger partial charge on any atom is -0.497 e. The Bertz CT molecular complexity index is 1630. The van der Waals surface area contributed by atoms with Crippen LogP contribution < -0.4 is 10.5 Å². The van der Waals surface area contributed by atoms with E-state index >= 15 is 0 Å². The molecule has 2 aromatic heterocycles. The minimum atomic E-state index is -4.75. The van der Waals surface area contributed by atoms with E-state index in [1.807, 2.05) is 4.90 Å². The molecule has 0 saturated carbocycles. The van der Waals surface area contributed by atoms with Crippen molar-refractivity contribution in [1.82, 2.24) is 24.4 Å². The molecule has 2 aromatic carbocycles. The van der Waals surface area contributed by atoms with Crippen molar-refractivity contribution in [1.29, 1.82) is 0 Å². The van der Waals surface area contributed by atoms with E-state index in [4.69, 9.17) is 10.5 Å². The number of aliphatic hydroxyl groups excluding tert-OH is 1. The van der Waals surface area contributed by atoms with Gasteiger partial charge in [-0.05, 0) is 48.9 Å². The fourth-order valence-corrected chi connectivity index (χ4v) is 5.33. The van der Waals surface area contributed by atoms with Gasteiger partial charge in [-0.15, -0.1) is 0 Å². The average Bonchev–Trinajstić information content (AvgIpc) is 3.39. The van der Waals surface area contributed by atoms with Gasteiger partial charge in [0.15, 0.2) is 11.3 Å². The van der Waals surface area contributed by atoms with Crippen LogP contribution in [0, 0.1) is 6.92 Å². The predicted molar refractivity (Wildman–Crippen MR) is 147 cm³/mol. The highest BCUT2D eigenvalue weighted by molar-refractivity contribution is 6.00. The van der Waals surface area contributed by atoms with Crippen LogP contribution in [0.1, 0.15) is 43.6 Å². The van der Waals surface area contributed by atoms with Gasteiger partial charge in [-0.1, -0.05) is 12.1 Å². The Hall–Kier alpha value is -4.49. The second-order valence-corrected chi connectivity index (χ2v) is 9.97. The zero-order chi connectivity index (χ0) is 30.2. The smallest absolute Gasteiger partial charge is 0.433 e. The molecule has 1 atom stereocenters. The monoisotopic (exact) mass is 582 g/mol. The molecular weight excluding hydrogens is 553 g/mol. The Morgan fingerprint density at radius 3 is 2.38 bits per heavy atom. The standard InChI is InChI=1S/C29H29F3N6O4/c1-17-24(18-6-8-21(42-2)9-7-18)35-27-22(15-34-38(27)25(17)29(30,31)32)28(41)37-12-10-36(11-13-37)23(16-39)19-4-3-5-20(14-19)26(33)40/h3-9,14-15,23,39H,10-13,16H2,1-2H3,(H2,33,40)/t23-/m0/s1. The number of fused-ring (bicyclic) bond motifs is 1. The highest BCUT2D eigenvalue weighted by Gasteiger charge is 2.39. The summed E-state index contributed by atoms with van der Waals surface area (Å²) in [5.41, 5.74) is 5.58. The first-order valence-electron chi connectivity index (χ1n) is 13.2. The summed E-state index contributed by atoms with van der Waals surface area (Å²) in [5.74, 6) is -0.534. The van der Waals surface area contributed by atoms with Crippen LogP contribution in [-0.2, 0) is 6.18 Å². The summed E-state index contributed by atoms with van der Waals surface area (Å²) in [7, 11) is 1.49. The maximum Gasteiger partial charge on any atom is 0.433 e. The number of carbonyl (C=O) groups excluding carboxylic acids is 2. The lowest BCUT2D eigenvalue weighted by Gasteiger charge is -2.38. The molecule has 0 spiro atoms. The lowest BCUT2D eigenvalue weighted by molar-refractivity contribution is -0.143. The van der Waals surface area contributed by atoms with Crippen molar-refractivity contribution in [2.24, 2.45) is 5.73 Å². The van der Waals surface area contributed by atoms with Crippen molar-refractivity contribution < 1.29 is 32.6 Å². The number of methoxy groups -OCH3 is 1. The van der Waals surface area contributed by atoms with Gasteiger partial charge in [0.05, 0.1) is 31.6 Å². The second kappa shape index (κ2) is 11.4. The first kappa shape index (κ1) is 29.0. The number of aliphatic hydroxyl groups is 1. The average molecular weight is 583 g/mol. The molecule has 0 radical (unpaired) electrons. The van der Waals surface area contributed by atoms with Gasteiger partial charge < -0.3 is 20.5 Å². The molecule has 10 nitrogen and oxygen atoms in total. The number of ether oxygens (including phenoxy) is 1. The number of alkyl halides is 3. The molecule has 2 amide bonds. The van der Waals surface area contributed by atoms with E-state index in [1.165, 1.54) is 18.9 Å². The van der Waals surface area contributed by atoms with Gasteiger partial charge in [0.1, 0.15) is 11.3 Å². The first-order chi connectivity index (χ1) is 20.0. The van der Waals surface area contributed by atoms with Crippen LogP contribution in [0.25, 0.3) is 16.9 Å². The number of hydrogen-bond acceptors (Lipinski definition) is 7. The van der Waals surface area contributed by atoms with E-state index < -0.39 is 29.7 Å². The van der Waals surface area contributed by atoms with E-state index in [1.54, 1.807) is 48.5 Å². The van der Waals surface area contributed by atoms with E-state index in [0.29, 0.717) is 40.0 Å². The third kappa shape index (κ3) is 5.40. The number of halogens is 3. The Morgan fingerprint density at radius 2 is 1.79 bits per heavy atom. The van der Waals surface area contributed by atoms with Gasteiger partial charge >= 0.3 is 6.18 Å². The highest BCUT2D eigenvalue weighted by Crippen LogP contribution is 2.37. The summed E-state index contributed by atoms with van der Waals surface area (Å²) in [6.45, 7) is 2.38. The predicted octanol–water partition coefficient (Wildman–Crippen LogP) is 3.32. The normalized spacial score (nSPS) is 15.1. The van der Waals surface area contributed by atoms with Gasteiger partial charge in [-0.2, -0.15) is 18.3 Å². The Balaban J connectivity index is 1.43. The molecule has 13 heteroatoms. The third-order valence-corrected chi connectivity index (χ3v) is 7.52. The zero-order valence-corrected chi connectivity index (χ0v) is 22.9. The van der Waals surface area contributed by atoms with Gasteiger partial charge in [0.25, 0.3) is 5.91 Å². The number of piperazine rings is 1. The first-order valence-corrected chi connectivity index (χ1v) is 13.2. The highest BCUT2D eigenvalue weighted by atomic mass is 19.4. The van der Waals surface area contributed by atoms with Crippen molar-refractivity contribution >= 4 is 17.5 Å². The van der Waals surface area contributed by atoms with Crippen molar-refractivity contribution in [3.05, 3.63) is 82.7 Å². The molecular formula is C29H29F3N6O4. The molecule has 5 rings (SSSR count). The SMILES string of the molecule is COc1ccc(-c2nc3c(C(=O)N4CCN([C@@H](CO)c5cccc(C(N)=O)c5)CC4)cnn3c(C(F)(F)F)c2C)cc1. The van der Waals surface area contributed by atoms with Crippen LogP contribution in [0.5, 0.6) is 5.75 Å². The number of amides is 2. The number of rotatable bonds is 7. The molecule has 220 valence electrons. The van der Waals surface area contributed by atoms with E-state index in [-0.39, 0.29) is 42.2 Å². The molecule has 1 saturated heterocycles. The Morgan fingerprint density at radius 1 is 1.10 bits per heavy atom. The van der Waals surface area contributed by atoms with Crippen molar-refractivity contribution in [3.8, 4) is 17.0 Å². The van der Waals surface area contributed by atoms with Crippen LogP contribution >= 0.6 is 0 Å². The van der Waals surface area contributed by atoms with Crippen LogP contribution in [0.4, 0.5) is 13.2 Å². The van der Waals surface area contributed by atoms with Gasteiger partial charge in [-0.25, -0.2) is 9.50 Å². The van der Waals surface area contributed by atoms with Crippen molar-refractivity contribution in [2.45, 2.75) is 19.1 Å². The number of hydrogen-bond donors (Lipinski definition) is 2. The van der Waals surface area contributed by atoms with E-state index in [2.05, 4.69) is 10.1 Å². The van der Waals surface area contributed by atoms with Gasteiger partial charge in [-0.3, -0.25) is 14.5 Å². The van der Waals surface area contributed by atoms with E-state index in [9.17, 15) is 27.9 Å². The summed E-state index contributed by atoms with van der Waals surface area (Å²) in [6.07, 6.45) is -3.63. The maximum atomic E-state index is 14.3. The molecule has 42 heavy (non-hydrogen) atoms. The molecule has 4 aromatic rings. The zero-order valence-electron chi connectivity index (χ0n) is 22.9. The number of nitrogens with zero attached hydrogens (tertiary/aromatic N) is 5. The second-order valence-electron chi connectivity index (χ2n) is 9.97. The number of aromatic nitrogens is 3. The molecule has 1 aliphatic rings. The Kier molecular flexibility index (Phi) is 7.89. The summed E-state index contributed by atoms with van der Waals surface area (Å²) in [6, 6.07) is 12.7. The molecule has 0 aliphatic carbocycles. The quantitative estimate of drug-likeness (QED) is 0.342. The summed E-state index contributed by atoms with van der Waals surface area (Å²) in [5, 5.41) is 14.0. The Labute approximate surface area is 239 Å². The minimum absolute atomic E-state index is 0.0448. The van der Waals surface area contributed by atoms with Gasteiger partial charge in [0.2, 0.25) is 5.91 Å². The van der Waals surface area contributed by atoms with Gasteiger partial charge in [0, 0.05) is 42.9 Å². The lowest BCUT2D eigenvalue weighted by Crippen LogP contribution is -2.50. The van der Waals surface area contributed by atoms with Crippen molar-refractivity contribution in [2.75, 3.05) is 39.9 Å². The lowest BCUT2D eigenvalue weighted by atomic mass is 10.0. The fraction of sp³-hybridized carbons (Fsp3) is 0.310. The maximum absolute atomic E-state index is 14.3. The van der Waals surface area contributed by atoms with Crippen LogP contribution in [-0.4, -0.2) is 81.2 Å². The topological polar surface area (TPSA) is 126 Å². The molecule has 3 N–H and O–H groups in total. The van der Waals surface area contributed by atoms with Crippen molar-refractivity contribution in [3.63, 3.8) is 0 Å². The van der Waals surface area contributed by atoms with Crippen LogP contribution in [0.15, 0.2) is 54.7 Å². The van der Waals surface area contributed by atoms with Crippen LogP contribution in [0.3, 0.4) is 0 Å². The van der Waals surface area contributed by atoms with Crippen LogP contribution in [0.2, 0.25) is 0 Å². The molecule has 1 fully saturated rings. The number of nitrogens with two attached hydrogens (primary N) is 1. The van der Waals surface area contributed by atoms with E-state index in [0.717, 1.165) is 6.20 Å². The summed E-state index contributed by atoms with van der Waals surface area (Å²) < 4.78 is 48.6. The molecule has 0 unspecified atom stereocenters. The molecule has 0 bridgehead atoms. The summed E-state index contributed by atoms with van der Waals surface area (Å²) in [4.78, 5) is 33.2. The number of benzene rings is 2. The third-order valence-electron chi connectivity index (χ3n) is 7.52. The molecule has 1 aliphatic heterocycles. The number of carbonyl (C=O) groups is 2. The largest absolute Gasteiger partial charge is 0.497 e. The number of primary amides is 1.